The fraction of sp³-hybridized carbons (Fsp3) is 0.391. The second kappa shape index (κ2) is 11.9. The van der Waals surface area contributed by atoms with Crippen LogP contribution in [0.1, 0.15) is 44.0 Å². The second-order valence-electron chi connectivity index (χ2n) is 6.81. The van der Waals surface area contributed by atoms with Gasteiger partial charge in [-0.25, -0.2) is 0 Å². The van der Waals surface area contributed by atoms with Gasteiger partial charge in [-0.1, -0.05) is 13.8 Å². The Labute approximate surface area is 173 Å². The molecule has 156 valence electrons. The summed E-state index contributed by atoms with van der Waals surface area (Å²) in [6.07, 6.45) is 2.04. The minimum Gasteiger partial charge on any atom is -0.494 e. The standard InChI is InChI=1S/C23H31N3O3/c1-4-15-26(16-5-2)17-22(27)24-19-9-7-18(8-10-19)23(28)25-20-11-13-21(14-12-20)29-6-3/h7-14H,4-6,15-17H2,1-3H3,(H,24,27)(H,25,28). The van der Waals surface area contributed by atoms with E-state index in [9.17, 15) is 9.59 Å². The van der Waals surface area contributed by atoms with Gasteiger partial charge in [0.2, 0.25) is 5.91 Å². The Balaban J connectivity index is 1.89. The van der Waals surface area contributed by atoms with E-state index in [4.69, 9.17) is 4.74 Å². The first-order chi connectivity index (χ1) is 14.0. The van der Waals surface area contributed by atoms with Gasteiger partial charge in [0.05, 0.1) is 13.2 Å². The largest absolute Gasteiger partial charge is 0.494 e. The average Bonchev–Trinajstić information content (AvgIpc) is 2.70. The van der Waals surface area contributed by atoms with Crippen molar-refractivity contribution < 1.29 is 14.3 Å². The Kier molecular flexibility index (Phi) is 9.18. The number of anilines is 2. The molecule has 2 N–H and O–H groups in total. The predicted octanol–water partition coefficient (Wildman–Crippen LogP) is 4.40. The molecule has 0 saturated heterocycles. The average molecular weight is 398 g/mol. The van der Waals surface area contributed by atoms with Crippen LogP contribution in [0.3, 0.4) is 0 Å². The van der Waals surface area contributed by atoms with Crippen molar-refractivity contribution in [3.63, 3.8) is 0 Å². The van der Waals surface area contributed by atoms with Gasteiger partial charge in [-0.15, -0.1) is 0 Å². The van der Waals surface area contributed by atoms with E-state index in [2.05, 4.69) is 29.4 Å². The lowest BCUT2D eigenvalue weighted by Crippen LogP contribution is -2.34. The van der Waals surface area contributed by atoms with Crippen molar-refractivity contribution in [1.82, 2.24) is 4.90 Å². The lowest BCUT2D eigenvalue weighted by atomic mass is 10.2. The van der Waals surface area contributed by atoms with Crippen molar-refractivity contribution in [2.24, 2.45) is 0 Å². The molecule has 0 atom stereocenters. The minimum atomic E-state index is -0.205. The summed E-state index contributed by atoms with van der Waals surface area (Å²) in [5.41, 5.74) is 1.90. The zero-order chi connectivity index (χ0) is 21.1. The van der Waals surface area contributed by atoms with Gasteiger partial charge < -0.3 is 15.4 Å². The zero-order valence-electron chi connectivity index (χ0n) is 17.5. The van der Waals surface area contributed by atoms with Gasteiger partial charge in [0, 0.05) is 16.9 Å². The number of nitrogens with zero attached hydrogens (tertiary/aromatic N) is 1. The first-order valence-electron chi connectivity index (χ1n) is 10.2. The van der Waals surface area contributed by atoms with Crippen LogP contribution in [0.25, 0.3) is 0 Å². The van der Waals surface area contributed by atoms with E-state index in [0.717, 1.165) is 31.7 Å². The molecule has 29 heavy (non-hydrogen) atoms. The molecule has 2 rings (SSSR count). The molecule has 6 heteroatoms. The molecule has 0 unspecified atom stereocenters. The van der Waals surface area contributed by atoms with Crippen LogP contribution in [0.4, 0.5) is 11.4 Å². The number of rotatable bonds is 11. The summed E-state index contributed by atoms with van der Waals surface area (Å²) in [4.78, 5) is 26.8. The molecule has 0 aliphatic rings. The first-order valence-corrected chi connectivity index (χ1v) is 10.2. The minimum absolute atomic E-state index is 0.0431. The molecule has 2 aromatic carbocycles. The van der Waals surface area contributed by atoms with Crippen LogP contribution < -0.4 is 15.4 Å². The highest BCUT2D eigenvalue weighted by molar-refractivity contribution is 6.04. The SMILES string of the molecule is CCCN(CCC)CC(=O)Nc1ccc(C(=O)Nc2ccc(OCC)cc2)cc1. The van der Waals surface area contributed by atoms with Crippen molar-refractivity contribution in [1.29, 1.82) is 0 Å². The van der Waals surface area contributed by atoms with Crippen LogP contribution in [-0.4, -0.2) is 43.0 Å². The van der Waals surface area contributed by atoms with Gasteiger partial charge in [0.15, 0.2) is 0 Å². The normalized spacial score (nSPS) is 10.6. The van der Waals surface area contributed by atoms with Gasteiger partial charge in [0.1, 0.15) is 5.75 Å². The predicted molar refractivity (Wildman–Crippen MR) is 118 cm³/mol. The van der Waals surface area contributed by atoms with Gasteiger partial charge in [-0.05, 0) is 81.4 Å². The second-order valence-corrected chi connectivity index (χ2v) is 6.81. The Hall–Kier alpha value is -2.86. The van der Waals surface area contributed by atoms with Crippen LogP contribution in [0, 0.1) is 0 Å². The number of carbonyl (C=O) groups is 2. The Bertz CT molecular complexity index is 767. The number of hydrogen-bond donors (Lipinski definition) is 2. The van der Waals surface area contributed by atoms with Crippen LogP contribution in [0.2, 0.25) is 0 Å². The smallest absolute Gasteiger partial charge is 0.255 e. The van der Waals surface area contributed by atoms with Gasteiger partial charge in [-0.2, -0.15) is 0 Å². The van der Waals surface area contributed by atoms with Gasteiger partial charge in [0.25, 0.3) is 5.91 Å². The topological polar surface area (TPSA) is 70.7 Å². The summed E-state index contributed by atoms with van der Waals surface area (Å²) in [6, 6.07) is 14.1. The number of amides is 2. The molecule has 2 amide bonds. The van der Waals surface area contributed by atoms with E-state index < -0.39 is 0 Å². The lowest BCUT2D eigenvalue weighted by molar-refractivity contribution is -0.117. The van der Waals surface area contributed by atoms with E-state index in [-0.39, 0.29) is 11.8 Å². The molecule has 0 aromatic heterocycles. The quantitative estimate of drug-likeness (QED) is 0.590. The van der Waals surface area contributed by atoms with Crippen LogP contribution in [0.5, 0.6) is 5.75 Å². The number of benzene rings is 2. The lowest BCUT2D eigenvalue weighted by Gasteiger charge is -2.20. The molecule has 6 nitrogen and oxygen atoms in total. The third-order valence-electron chi connectivity index (χ3n) is 4.30. The van der Waals surface area contributed by atoms with E-state index in [1.165, 1.54) is 0 Å². The maximum absolute atomic E-state index is 12.4. The number of carbonyl (C=O) groups excluding carboxylic acids is 2. The molecule has 0 bridgehead atoms. The summed E-state index contributed by atoms with van der Waals surface area (Å²) in [5, 5.41) is 5.75. The fourth-order valence-electron chi connectivity index (χ4n) is 3.02. The third kappa shape index (κ3) is 7.58. The van der Waals surface area contributed by atoms with Crippen molar-refractivity contribution in [2.75, 3.05) is 36.9 Å². The maximum atomic E-state index is 12.4. The van der Waals surface area contributed by atoms with E-state index in [1.807, 2.05) is 19.1 Å². The van der Waals surface area contributed by atoms with E-state index in [0.29, 0.717) is 30.1 Å². The molecule has 0 fully saturated rings. The third-order valence-corrected chi connectivity index (χ3v) is 4.30. The number of hydrogen-bond acceptors (Lipinski definition) is 4. The maximum Gasteiger partial charge on any atom is 0.255 e. The highest BCUT2D eigenvalue weighted by atomic mass is 16.5. The highest BCUT2D eigenvalue weighted by Gasteiger charge is 2.11. The summed E-state index contributed by atoms with van der Waals surface area (Å²) < 4.78 is 5.40. The Morgan fingerprint density at radius 1 is 0.828 bits per heavy atom. The molecular formula is C23H31N3O3. The molecule has 0 spiro atoms. The molecular weight excluding hydrogens is 366 g/mol. The molecule has 0 radical (unpaired) electrons. The molecule has 0 aliphatic heterocycles. The Morgan fingerprint density at radius 3 is 1.93 bits per heavy atom. The summed E-state index contributed by atoms with van der Waals surface area (Å²) in [7, 11) is 0. The van der Waals surface area contributed by atoms with Crippen molar-refractivity contribution in [2.45, 2.75) is 33.6 Å². The van der Waals surface area contributed by atoms with Crippen molar-refractivity contribution in [3.8, 4) is 5.75 Å². The first kappa shape index (κ1) is 22.4. The van der Waals surface area contributed by atoms with Crippen LogP contribution >= 0.6 is 0 Å². The van der Waals surface area contributed by atoms with Crippen molar-refractivity contribution in [3.05, 3.63) is 54.1 Å². The molecule has 0 aliphatic carbocycles. The molecule has 0 heterocycles. The molecule has 2 aromatic rings. The van der Waals surface area contributed by atoms with Crippen molar-refractivity contribution >= 4 is 23.2 Å². The zero-order valence-corrected chi connectivity index (χ0v) is 17.5. The van der Waals surface area contributed by atoms with Gasteiger partial charge >= 0.3 is 0 Å². The number of nitrogens with one attached hydrogen (secondary N) is 2. The summed E-state index contributed by atoms with van der Waals surface area (Å²) in [6.45, 7) is 8.94. The van der Waals surface area contributed by atoms with Crippen LogP contribution in [-0.2, 0) is 4.79 Å². The van der Waals surface area contributed by atoms with E-state index in [1.54, 1.807) is 36.4 Å². The Morgan fingerprint density at radius 2 is 1.38 bits per heavy atom. The summed E-state index contributed by atoms with van der Waals surface area (Å²) in [5.74, 6) is 0.518. The number of ether oxygens (including phenoxy) is 1. The fourth-order valence-corrected chi connectivity index (χ4v) is 3.02. The highest BCUT2D eigenvalue weighted by Crippen LogP contribution is 2.17. The monoisotopic (exact) mass is 397 g/mol. The molecule has 0 saturated carbocycles. The van der Waals surface area contributed by atoms with Crippen LogP contribution in [0.15, 0.2) is 48.5 Å². The van der Waals surface area contributed by atoms with E-state index >= 15 is 0 Å². The van der Waals surface area contributed by atoms with Gasteiger partial charge in [-0.3, -0.25) is 14.5 Å². The summed E-state index contributed by atoms with van der Waals surface area (Å²) >= 11 is 0.